The van der Waals surface area contributed by atoms with Crippen molar-refractivity contribution in [2.75, 3.05) is 13.2 Å². The van der Waals surface area contributed by atoms with Crippen LogP contribution in [0.1, 0.15) is 39.8 Å². The van der Waals surface area contributed by atoms with Crippen LogP contribution in [-0.2, 0) is 4.74 Å². The molecular weight excluding hydrogens is 404 g/mol. The summed E-state index contributed by atoms with van der Waals surface area (Å²) >= 11 is 0. The summed E-state index contributed by atoms with van der Waals surface area (Å²) in [6.45, 7) is 1.76. The zero-order valence-corrected chi connectivity index (χ0v) is 17.7. The predicted molar refractivity (Wildman–Crippen MR) is 120 cm³/mol. The summed E-state index contributed by atoms with van der Waals surface area (Å²) in [6, 6.07) is 23.1. The van der Waals surface area contributed by atoms with Crippen molar-refractivity contribution in [3.05, 3.63) is 94.5 Å². The molecule has 2 unspecified atom stereocenters. The van der Waals surface area contributed by atoms with E-state index in [2.05, 4.69) is 23.5 Å². The van der Waals surface area contributed by atoms with Crippen LogP contribution < -0.4 is 5.32 Å². The fourth-order valence-electron chi connectivity index (χ4n) is 4.17. The lowest BCUT2D eigenvalue weighted by atomic mass is 9.98. The van der Waals surface area contributed by atoms with Crippen LogP contribution >= 0.6 is 0 Å². The van der Waals surface area contributed by atoms with E-state index in [1.165, 1.54) is 0 Å². The molecule has 1 amide bonds. The topological polar surface area (TPSA) is 103 Å². The van der Waals surface area contributed by atoms with E-state index in [0.29, 0.717) is 16.7 Å². The van der Waals surface area contributed by atoms with Gasteiger partial charge < -0.3 is 20.3 Å². The van der Waals surface area contributed by atoms with Gasteiger partial charge in [0.2, 0.25) is 0 Å². The fraction of sp³-hybridized carbons (Fsp3) is 0.231. The third-order valence-electron chi connectivity index (χ3n) is 5.88. The van der Waals surface area contributed by atoms with E-state index in [-0.39, 0.29) is 19.1 Å². The van der Waals surface area contributed by atoms with Crippen LogP contribution in [0.3, 0.4) is 0 Å². The summed E-state index contributed by atoms with van der Waals surface area (Å²) in [7, 11) is 0. The number of carbonyl (C=O) groups excluding carboxylic acids is 1. The molecule has 6 nitrogen and oxygen atoms in total. The fourth-order valence-corrected chi connectivity index (χ4v) is 4.17. The number of ether oxygens (including phenoxy) is 1. The molecule has 6 heteroatoms. The smallest absolute Gasteiger partial charge is 0.407 e. The van der Waals surface area contributed by atoms with Crippen molar-refractivity contribution >= 4 is 6.09 Å². The van der Waals surface area contributed by atoms with Crippen molar-refractivity contribution < 1.29 is 19.7 Å². The second kappa shape index (κ2) is 9.23. The van der Waals surface area contributed by atoms with Crippen LogP contribution in [0.4, 0.5) is 4.79 Å². The van der Waals surface area contributed by atoms with Crippen molar-refractivity contribution in [1.82, 2.24) is 5.32 Å². The SMILES string of the molecule is Cc1cc(C(O)C(O)CNC(=O)OCC2c3ccccc3-c3ccccc32)ccc1C#N. The van der Waals surface area contributed by atoms with Gasteiger partial charge in [0.05, 0.1) is 11.6 Å². The first-order chi connectivity index (χ1) is 15.5. The number of aryl methyl sites for hydroxylation is 1. The lowest BCUT2D eigenvalue weighted by Crippen LogP contribution is -2.36. The second-order valence-corrected chi connectivity index (χ2v) is 7.90. The van der Waals surface area contributed by atoms with E-state index >= 15 is 0 Å². The Morgan fingerprint density at radius 3 is 2.28 bits per heavy atom. The number of aliphatic hydroxyl groups excluding tert-OH is 2. The Morgan fingerprint density at radius 2 is 1.69 bits per heavy atom. The molecule has 3 aromatic rings. The lowest BCUT2D eigenvalue weighted by Gasteiger charge is -2.20. The Morgan fingerprint density at radius 1 is 1.06 bits per heavy atom. The number of hydrogen-bond donors (Lipinski definition) is 3. The first-order valence-electron chi connectivity index (χ1n) is 10.4. The number of benzene rings is 3. The van der Waals surface area contributed by atoms with E-state index < -0.39 is 18.3 Å². The molecule has 4 rings (SSSR count). The lowest BCUT2D eigenvalue weighted by molar-refractivity contribution is 0.0185. The maximum Gasteiger partial charge on any atom is 0.407 e. The minimum absolute atomic E-state index is 0.0507. The van der Waals surface area contributed by atoms with Gasteiger partial charge in [-0.1, -0.05) is 60.7 Å². The summed E-state index contributed by atoms with van der Waals surface area (Å²) in [5.74, 6) is -0.0507. The summed E-state index contributed by atoms with van der Waals surface area (Å²) in [6.07, 6.45) is -3.08. The molecule has 32 heavy (non-hydrogen) atoms. The second-order valence-electron chi connectivity index (χ2n) is 7.90. The highest BCUT2D eigenvalue weighted by molar-refractivity contribution is 5.79. The highest BCUT2D eigenvalue weighted by Crippen LogP contribution is 2.44. The maximum absolute atomic E-state index is 12.3. The molecule has 0 heterocycles. The van der Waals surface area contributed by atoms with Gasteiger partial charge in [0.15, 0.2) is 0 Å². The van der Waals surface area contributed by atoms with Gasteiger partial charge >= 0.3 is 6.09 Å². The molecule has 1 aliphatic carbocycles. The monoisotopic (exact) mass is 428 g/mol. The van der Waals surface area contributed by atoms with E-state index in [1.807, 2.05) is 36.4 Å². The van der Waals surface area contributed by atoms with Crippen LogP contribution in [0.5, 0.6) is 0 Å². The average Bonchev–Trinajstić information content (AvgIpc) is 3.14. The molecule has 0 fully saturated rings. The van der Waals surface area contributed by atoms with Crippen LogP contribution in [0.2, 0.25) is 0 Å². The van der Waals surface area contributed by atoms with Gasteiger partial charge in [-0.25, -0.2) is 4.79 Å². The molecular formula is C26H24N2O4. The summed E-state index contributed by atoms with van der Waals surface area (Å²) < 4.78 is 5.45. The molecule has 0 saturated heterocycles. The molecule has 162 valence electrons. The van der Waals surface area contributed by atoms with E-state index in [9.17, 15) is 15.0 Å². The molecule has 0 saturated carbocycles. The molecule has 0 radical (unpaired) electrons. The van der Waals surface area contributed by atoms with Gasteiger partial charge in [0.25, 0.3) is 0 Å². The van der Waals surface area contributed by atoms with Gasteiger partial charge in [-0.2, -0.15) is 5.26 Å². The Labute approximate surface area is 186 Å². The molecule has 0 bridgehead atoms. The molecule has 3 N–H and O–H groups in total. The zero-order chi connectivity index (χ0) is 22.7. The normalized spacial score (nSPS) is 14.1. The number of fused-ring (bicyclic) bond motifs is 3. The zero-order valence-electron chi connectivity index (χ0n) is 17.7. The minimum Gasteiger partial charge on any atom is -0.449 e. The van der Waals surface area contributed by atoms with E-state index in [4.69, 9.17) is 10.00 Å². The number of amides is 1. The molecule has 0 aromatic heterocycles. The van der Waals surface area contributed by atoms with Gasteiger partial charge in [-0.05, 0) is 46.4 Å². The number of carbonyl (C=O) groups is 1. The number of alkyl carbamates (subject to hydrolysis) is 1. The van der Waals surface area contributed by atoms with Crippen molar-refractivity contribution in [3.8, 4) is 17.2 Å². The standard InChI is InChI=1S/C26H24N2O4/c1-16-12-17(10-11-18(16)13-27)25(30)24(29)14-28-26(31)32-15-23-21-8-4-2-6-19(21)20-7-3-5-9-22(20)23/h2-12,23-25,29-30H,14-15H2,1H3,(H,28,31). The van der Waals surface area contributed by atoms with Crippen molar-refractivity contribution in [2.24, 2.45) is 0 Å². The van der Waals surface area contributed by atoms with Gasteiger partial charge in [-0.15, -0.1) is 0 Å². The molecule has 1 aliphatic rings. The van der Waals surface area contributed by atoms with Crippen LogP contribution in [0.15, 0.2) is 66.7 Å². The molecule has 0 spiro atoms. The van der Waals surface area contributed by atoms with Gasteiger partial charge in [0, 0.05) is 12.5 Å². The highest BCUT2D eigenvalue weighted by Gasteiger charge is 2.29. The largest absolute Gasteiger partial charge is 0.449 e. The Kier molecular flexibility index (Phi) is 6.22. The van der Waals surface area contributed by atoms with Crippen LogP contribution in [-0.4, -0.2) is 35.6 Å². The van der Waals surface area contributed by atoms with Crippen molar-refractivity contribution in [2.45, 2.75) is 25.0 Å². The Bertz CT molecular complexity index is 1140. The Balaban J connectivity index is 1.34. The third kappa shape index (κ3) is 4.22. The number of hydrogen-bond acceptors (Lipinski definition) is 5. The number of nitrogens with zero attached hydrogens (tertiary/aromatic N) is 1. The summed E-state index contributed by atoms with van der Waals surface area (Å²) in [5, 5.41) is 32.2. The number of aliphatic hydroxyl groups is 2. The van der Waals surface area contributed by atoms with Gasteiger partial charge in [-0.3, -0.25) is 0 Å². The Hall–Kier alpha value is -3.66. The number of nitrogens with one attached hydrogen (secondary N) is 1. The molecule has 0 aliphatic heterocycles. The molecule has 2 atom stereocenters. The van der Waals surface area contributed by atoms with Crippen LogP contribution in [0.25, 0.3) is 11.1 Å². The predicted octanol–water partition coefficient (Wildman–Crippen LogP) is 3.80. The van der Waals surface area contributed by atoms with Gasteiger partial charge in [0.1, 0.15) is 18.8 Å². The quantitative estimate of drug-likeness (QED) is 0.554. The van der Waals surface area contributed by atoms with Crippen LogP contribution in [0, 0.1) is 18.3 Å². The average molecular weight is 428 g/mol. The summed E-state index contributed by atoms with van der Waals surface area (Å²) in [4.78, 5) is 12.3. The third-order valence-corrected chi connectivity index (χ3v) is 5.88. The first-order valence-corrected chi connectivity index (χ1v) is 10.4. The number of nitriles is 1. The van der Waals surface area contributed by atoms with Crippen molar-refractivity contribution in [3.63, 3.8) is 0 Å². The van der Waals surface area contributed by atoms with E-state index in [0.717, 1.165) is 22.3 Å². The molecule has 3 aromatic carbocycles. The maximum atomic E-state index is 12.3. The van der Waals surface area contributed by atoms with E-state index in [1.54, 1.807) is 25.1 Å². The summed E-state index contributed by atoms with van der Waals surface area (Å²) in [5.41, 5.74) is 6.22. The minimum atomic E-state index is -1.22. The number of rotatable bonds is 6. The van der Waals surface area contributed by atoms with Crippen molar-refractivity contribution in [1.29, 1.82) is 5.26 Å². The first kappa shape index (κ1) is 21.6. The highest BCUT2D eigenvalue weighted by atomic mass is 16.5.